The Morgan fingerprint density at radius 1 is 1.21 bits per heavy atom. The first-order chi connectivity index (χ1) is 6.75. The number of hydrogen-bond donors (Lipinski definition) is 1. The predicted octanol–water partition coefficient (Wildman–Crippen LogP) is 2.40. The lowest BCUT2D eigenvalue weighted by atomic mass is 9.84. The molecule has 0 unspecified atom stereocenters. The molecule has 2 aliphatic carbocycles. The van der Waals surface area contributed by atoms with Gasteiger partial charge in [-0.3, -0.25) is 4.79 Å². The monoisotopic (exact) mass is 193 g/mol. The molecule has 2 saturated carbocycles. The molecule has 2 fully saturated rings. The number of hydrogen-bond acceptors (Lipinski definition) is 1. The summed E-state index contributed by atoms with van der Waals surface area (Å²) in [5.74, 6) is 0.633. The summed E-state index contributed by atoms with van der Waals surface area (Å²) in [5, 5.41) is 3.16. The molecule has 78 valence electrons. The van der Waals surface area contributed by atoms with Gasteiger partial charge in [-0.25, -0.2) is 0 Å². The van der Waals surface area contributed by atoms with Crippen molar-refractivity contribution in [2.45, 2.75) is 51.0 Å². The molecule has 0 aromatic carbocycles. The van der Waals surface area contributed by atoms with Crippen LogP contribution in [-0.4, -0.2) is 11.9 Å². The second-order valence-electron chi connectivity index (χ2n) is 4.66. The van der Waals surface area contributed by atoms with Crippen LogP contribution in [0.4, 0.5) is 0 Å². The quantitative estimate of drug-likeness (QED) is 0.670. The lowest BCUT2D eigenvalue weighted by Gasteiger charge is -2.29. The van der Waals surface area contributed by atoms with Crippen LogP contribution in [0.3, 0.4) is 0 Å². The molecular weight excluding hydrogens is 174 g/mol. The molecule has 14 heavy (non-hydrogen) atoms. The van der Waals surface area contributed by atoms with Gasteiger partial charge in [-0.15, -0.1) is 0 Å². The van der Waals surface area contributed by atoms with Crippen molar-refractivity contribution in [3.05, 3.63) is 12.2 Å². The molecule has 0 aromatic rings. The highest BCUT2D eigenvalue weighted by atomic mass is 16.2. The van der Waals surface area contributed by atoms with E-state index in [-0.39, 0.29) is 0 Å². The molecule has 0 aromatic heterocycles. The summed E-state index contributed by atoms with van der Waals surface area (Å²) in [6, 6.07) is 0.425. The van der Waals surface area contributed by atoms with Gasteiger partial charge >= 0.3 is 0 Å². The van der Waals surface area contributed by atoms with E-state index in [9.17, 15) is 4.79 Å². The number of nitrogens with one attached hydrogen (secondary N) is 1. The molecule has 0 spiro atoms. The zero-order valence-electron chi connectivity index (χ0n) is 8.72. The smallest absolute Gasteiger partial charge is 0.223 e. The molecule has 0 saturated heterocycles. The van der Waals surface area contributed by atoms with Gasteiger partial charge in [-0.05, 0) is 38.5 Å². The molecule has 0 radical (unpaired) electrons. The SMILES string of the molecule is C=C1CCC(NC(=O)C2CCC2)CC1. The van der Waals surface area contributed by atoms with Crippen LogP contribution in [0.2, 0.25) is 0 Å². The molecule has 2 aliphatic rings. The molecule has 1 amide bonds. The second-order valence-corrected chi connectivity index (χ2v) is 4.66. The van der Waals surface area contributed by atoms with Crippen LogP contribution in [0, 0.1) is 5.92 Å². The Bertz CT molecular complexity index is 233. The maximum atomic E-state index is 11.6. The second kappa shape index (κ2) is 4.16. The van der Waals surface area contributed by atoms with Gasteiger partial charge in [0.05, 0.1) is 0 Å². The summed E-state index contributed by atoms with van der Waals surface area (Å²) in [7, 11) is 0. The Morgan fingerprint density at radius 2 is 1.86 bits per heavy atom. The average molecular weight is 193 g/mol. The van der Waals surface area contributed by atoms with Gasteiger partial charge in [0.2, 0.25) is 5.91 Å². The Kier molecular flexibility index (Phi) is 2.90. The fourth-order valence-electron chi connectivity index (χ4n) is 2.16. The number of carbonyl (C=O) groups excluding carboxylic acids is 1. The van der Waals surface area contributed by atoms with E-state index in [1.54, 1.807) is 0 Å². The standard InChI is InChI=1S/C12H19NO/c1-9-5-7-11(8-6-9)13-12(14)10-3-2-4-10/h10-11H,1-8H2,(H,13,14). The molecule has 1 N–H and O–H groups in total. The maximum absolute atomic E-state index is 11.6. The third-order valence-electron chi connectivity index (χ3n) is 3.52. The Labute approximate surface area is 85.8 Å². The van der Waals surface area contributed by atoms with Crippen LogP contribution in [-0.2, 0) is 4.79 Å². The van der Waals surface area contributed by atoms with Gasteiger partial charge in [0.25, 0.3) is 0 Å². The van der Waals surface area contributed by atoms with Crippen LogP contribution < -0.4 is 5.32 Å². The summed E-state index contributed by atoms with van der Waals surface area (Å²) in [6.45, 7) is 3.98. The van der Waals surface area contributed by atoms with Crippen molar-refractivity contribution in [1.82, 2.24) is 5.32 Å². The topological polar surface area (TPSA) is 29.1 Å². The highest BCUT2D eigenvalue weighted by molar-refractivity contribution is 5.79. The van der Waals surface area contributed by atoms with Gasteiger partial charge in [-0.1, -0.05) is 18.6 Å². The molecule has 2 rings (SSSR count). The van der Waals surface area contributed by atoms with Crippen molar-refractivity contribution in [3.8, 4) is 0 Å². The van der Waals surface area contributed by atoms with E-state index in [2.05, 4.69) is 11.9 Å². The summed E-state index contributed by atoms with van der Waals surface area (Å²) in [5.41, 5.74) is 1.35. The van der Waals surface area contributed by atoms with Gasteiger partial charge in [-0.2, -0.15) is 0 Å². The van der Waals surface area contributed by atoms with Crippen LogP contribution >= 0.6 is 0 Å². The fourth-order valence-corrected chi connectivity index (χ4v) is 2.16. The van der Waals surface area contributed by atoms with Crippen LogP contribution in [0.1, 0.15) is 44.9 Å². The summed E-state index contributed by atoms with van der Waals surface area (Å²) < 4.78 is 0. The van der Waals surface area contributed by atoms with E-state index in [0.29, 0.717) is 17.9 Å². The lowest BCUT2D eigenvalue weighted by molar-refractivity contribution is -0.128. The van der Waals surface area contributed by atoms with E-state index in [4.69, 9.17) is 0 Å². The third kappa shape index (κ3) is 2.17. The van der Waals surface area contributed by atoms with E-state index < -0.39 is 0 Å². The van der Waals surface area contributed by atoms with Crippen molar-refractivity contribution in [2.24, 2.45) is 5.92 Å². The summed E-state index contributed by atoms with van der Waals surface area (Å²) >= 11 is 0. The first-order valence-electron chi connectivity index (χ1n) is 5.73. The van der Waals surface area contributed by atoms with Crippen LogP contribution in [0.5, 0.6) is 0 Å². The molecule has 2 heteroatoms. The zero-order chi connectivity index (χ0) is 9.97. The largest absolute Gasteiger partial charge is 0.353 e. The normalized spacial score (nSPS) is 24.4. The number of rotatable bonds is 2. The van der Waals surface area contributed by atoms with Crippen molar-refractivity contribution in [3.63, 3.8) is 0 Å². The van der Waals surface area contributed by atoms with Crippen molar-refractivity contribution in [1.29, 1.82) is 0 Å². The maximum Gasteiger partial charge on any atom is 0.223 e. The number of carbonyl (C=O) groups is 1. The minimum Gasteiger partial charge on any atom is -0.353 e. The van der Waals surface area contributed by atoms with Gasteiger partial charge in [0.1, 0.15) is 0 Å². The Balaban J connectivity index is 1.74. The van der Waals surface area contributed by atoms with Gasteiger partial charge in [0, 0.05) is 12.0 Å². The summed E-state index contributed by atoms with van der Waals surface area (Å²) in [4.78, 5) is 11.6. The Hall–Kier alpha value is -0.790. The first kappa shape index (κ1) is 9.75. The van der Waals surface area contributed by atoms with Crippen molar-refractivity contribution >= 4 is 5.91 Å². The van der Waals surface area contributed by atoms with E-state index >= 15 is 0 Å². The Morgan fingerprint density at radius 3 is 2.36 bits per heavy atom. The van der Waals surface area contributed by atoms with E-state index in [1.807, 2.05) is 0 Å². The predicted molar refractivity (Wildman–Crippen MR) is 56.9 cm³/mol. The molecule has 0 heterocycles. The molecule has 0 bridgehead atoms. The minimum absolute atomic E-state index is 0.300. The number of allylic oxidation sites excluding steroid dienone is 1. The van der Waals surface area contributed by atoms with Crippen LogP contribution in [0.25, 0.3) is 0 Å². The third-order valence-corrected chi connectivity index (χ3v) is 3.52. The highest BCUT2D eigenvalue weighted by Gasteiger charge is 2.27. The molecule has 2 nitrogen and oxygen atoms in total. The fraction of sp³-hybridized carbons (Fsp3) is 0.750. The number of amides is 1. The first-order valence-corrected chi connectivity index (χ1v) is 5.73. The van der Waals surface area contributed by atoms with E-state index in [1.165, 1.54) is 12.0 Å². The van der Waals surface area contributed by atoms with Crippen molar-refractivity contribution < 1.29 is 4.79 Å². The zero-order valence-corrected chi connectivity index (χ0v) is 8.72. The molecule has 0 atom stereocenters. The average Bonchev–Trinajstić information content (AvgIpc) is 2.06. The van der Waals surface area contributed by atoms with Gasteiger partial charge in [0.15, 0.2) is 0 Å². The summed E-state index contributed by atoms with van der Waals surface area (Å²) in [6.07, 6.45) is 7.82. The van der Waals surface area contributed by atoms with Crippen molar-refractivity contribution in [2.75, 3.05) is 0 Å². The minimum atomic E-state index is 0.300. The molecular formula is C12H19NO. The molecule has 0 aliphatic heterocycles. The lowest BCUT2D eigenvalue weighted by Crippen LogP contribution is -2.42. The van der Waals surface area contributed by atoms with Gasteiger partial charge < -0.3 is 5.32 Å². The van der Waals surface area contributed by atoms with E-state index in [0.717, 1.165) is 38.5 Å². The highest BCUT2D eigenvalue weighted by Crippen LogP contribution is 2.28. The van der Waals surface area contributed by atoms with Crippen LogP contribution in [0.15, 0.2) is 12.2 Å².